The lowest BCUT2D eigenvalue weighted by Crippen LogP contribution is -2.20. The summed E-state index contributed by atoms with van der Waals surface area (Å²) in [5, 5.41) is 6.82. The number of nitrogens with zero attached hydrogens (tertiary/aromatic N) is 2. The molecule has 0 aliphatic heterocycles. The average Bonchev–Trinajstić information content (AvgIpc) is 3.17. The summed E-state index contributed by atoms with van der Waals surface area (Å²) < 4.78 is 10.9. The first-order valence-electron chi connectivity index (χ1n) is 9.39. The second-order valence-electron chi connectivity index (χ2n) is 7.25. The zero-order valence-corrected chi connectivity index (χ0v) is 16.6. The summed E-state index contributed by atoms with van der Waals surface area (Å²) in [5.41, 5.74) is 2.75. The lowest BCUT2D eigenvalue weighted by atomic mass is 10.0. The van der Waals surface area contributed by atoms with Crippen molar-refractivity contribution in [1.82, 2.24) is 10.1 Å². The highest BCUT2D eigenvalue weighted by Gasteiger charge is 2.12. The van der Waals surface area contributed by atoms with Crippen LogP contribution in [0, 0.1) is 0 Å². The highest BCUT2D eigenvalue weighted by atomic mass is 16.5. The van der Waals surface area contributed by atoms with Crippen molar-refractivity contribution in [3.8, 4) is 17.2 Å². The summed E-state index contributed by atoms with van der Waals surface area (Å²) in [5.74, 6) is 2.15. The topological polar surface area (TPSA) is 77.2 Å². The number of benzene rings is 2. The summed E-state index contributed by atoms with van der Waals surface area (Å²) >= 11 is 0. The fraction of sp³-hybridized carbons (Fsp3) is 0.318. The van der Waals surface area contributed by atoms with Crippen LogP contribution in [-0.4, -0.2) is 22.7 Å². The molecule has 0 saturated carbocycles. The van der Waals surface area contributed by atoms with Crippen LogP contribution >= 0.6 is 0 Å². The van der Waals surface area contributed by atoms with Crippen LogP contribution in [0.2, 0.25) is 0 Å². The first-order chi connectivity index (χ1) is 13.4. The maximum atomic E-state index is 12.2. The van der Waals surface area contributed by atoms with Gasteiger partial charge in [0.25, 0.3) is 11.8 Å². The fourth-order valence-corrected chi connectivity index (χ4v) is 2.60. The van der Waals surface area contributed by atoms with Crippen molar-refractivity contribution in [3.05, 3.63) is 59.9 Å². The van der Waals surface area contributed by atoms with E-state index in [4.69, 9.17) is 9.26 Å². The van der Waals surface area contributed by atoms with Crippen molar-refractivity contribution in [2.75, 3.05) is 11.9 Å². The van der Waals surface area contributed by atoms with Gasteiger partial charge in [-0.1, -0.05) is 45.0 Å². The number of aromatic nitrogens is 2. The molecule has 2 aromatic carbocycles. The minimum atomic E-state index is -0.205. The number of hydrogen-bond acceptors (Lipinski definition) is 5. The normalized spacial score (nSPS) is 11.1. The zero-order chi connectivity index (χ0) is 20.1. The molecule has 1 aromatic heterocycles. The Morgan fingerprint density at radius 1 is 1.07 bits per heavy atom. The minimum Gasteiger partial charge on any atom is -0.484 e. The van der Waals surface area contributed by atoms with E-state index in [0.717, 1.165) is 11.3 Å². The van der Waals surface area contributed by atoms with Gasteiger partial charge in [-0.05, 0) is 47.9 Å². The van der Waals surface area contributed by atoms with Gasteiger partial charge in [0.05, 0.1) is 0 Å². The second kappa shape index (κ2) is 8.69. The van der Waals surface area contributed by atoms with Gasteiger partial charge >= 0.3 is 0 Å². The van der Waals surface area contributed by atoms with Gasteiger partial charge in [-0.2, -0.15) is 4.98 Å². The summed E-state index contributed by atoms with van der Waals surface area (Å²) in [6.45, 7) is 8.19. The lowest BCUT2D eigenvalue weighted by Gasteiger charge is -2.10. The van der Waals surface area contributed by atoms with E-state index in [1.165, 1.54) is 5.56 Å². The monoisotopic (exact) mass is 379 g/mol. The SMILES string of the molecule is CC(C)c1cccc(NC(=O)COc2ccc(-c3nc(C(C)C)no3)cc2)c1. The summed E-state index contributed by atoms with van der Waals surface area (Å²) in [7, 11) is 0. The van der Waals surface area contributed by atoms with Crippen LogP contribution in [0.5, 0.6) is 5.75 Å². The maximum Gasteiger partial charge on any atom is 0.262 e. The fourth-order valence-electron chi connectivity index (χ4n) is 2.60. The van der Waals surface area contributed by atoms with Crippen LogP contribution in [0.15, 0.2) is 53.1 Å². The Labute approximate surface area is 164 Å². The highest BCUT2D eigenvalue weighted by Crippen LogP contribution is 2.23. The molecule has 6 heteroatoms. The standard InChI is InChI=1S/C22H25N3O3/c1-14(2)17-6-5-7-18(12-17)23-20(26)13-27-19-10-8-16(9-11-19)22-24-21(15(3)4)25-28-22/h5-12,14-15H,13H2,1-4H3,(H,23,26). The van der Waals surface area contributed by atoms with Crippen molar-refractivity contribution in [3.63, 3.8) is 0 Å². The quantitative estimate of drug-likeness (QED) is 0.625. The molecule has 0 aliphatic rings. The Morgan fingerprint density at radius 3 is 2.46 bits per heavy atom. The molecular weight excluding hydrogens is 354 g/mol. The van der Waals surface area contributed by atoms with E-state index in [0.29, 0.717) is 23.4 Å². The van der Waals surface area contributed by atoms with Gasteiger partial charge in [-0.3, -0.25) is 4.79 Å². The molecule has 1 amide bonds. The van der Waals surface area contributed by atoms with Crippen molar-refractivity contribution < 1.29 is 14.1 Å². The Hall–Kier alpha value is -3.15. The smallest absolute Gasteiger partial charge is 0.262 e. The number of rotatable bonds is 7. The number of amides is 1. The Bertz CT molecular complexity index is 930. The molecule has 6 nitrogen and oxygen atoms in total. The predicted octanol–water partition coefficient (Wildman–Crippen LogP) is 5.00. The maximum absolute atomic E-state index is 12.2. The van der Waals surface area contributed by atoms with Crippen molar-refractivity contribution in [1.29, 1.82) is 0 Å². The van der Waals surface area contributed by atoms with Crippen LogP contribution in [0.25, 0.3) is 11.5 Å². The molecule has 146 valence electrons. The summed E-state index contributed by atoms with van der Waals surface area (Å²) in [6.07, 6.45) is 0. The summed E-state index contributed by atoms with van der Waals surface area (Å²) in [6, 6.07) is 15.1. The van der Waals surface area contributed by atoms with E-state index >= 15 is 0 Å². The molecule has 28 heavy (non-hydrogen) atoms. The van der Waals surface area contributed by atoms with Crippen LogP contribution in [0.3, 0.4) is 0 Å². The number of carbonyl (C=O) groups is 1. The third-order valence-corrected chi connectivity index (χ3v) is 4.27. The molecule has 0 bridgehead atoms. The van der Waals surface area contributed by atoms with E-state index in [-0.39, 0.29) is 18.4 Å². The van der Waals surface area contributed by atoms with Crippen molar-refractivity contribution >= 4 is 11.6 Å². The number of nitrogens with one attached hydrogen (secondary N) is 1. The van der Waals surface area contributed by atoms with E-state index in [1.807, 2.05) is 50.2 Å². The molecule has 1 N–H and O–H groups in total. The Morgan fingerprint density at radius 2 is 1.82 bits per heavy atom. The molecule has 0 radical (unpaired) electrons. The van der Waals surface area contributed by atoms with E-state index < -0.39 is 0 Å². The molecule has 0 spiro atoms. The van der Waals surface area contributed by atoms with Gasteiger partial charge in [0.2, 0.25) is 0 Å². The Kier molecular flexibility index (Phi) is 6.09. The highest BCUT2D eigenvalue weighted by molar-refractivity contribution is 5.91. The Balaban J connectivity index is 1.55. The van der Waals surface area contributed by atoms with Crippen LogP contribution < -0.4 is 10.1 Å². The van der Waals surface area contributed by atoms with Crippen molar-refractivity contribution in [2.45, 2.75) is 39.5 Å². The molecule has 0 saturated heterocycles. The van der Waals surface area contributed by atoms with E-state index in [1.54, 1.807) is 12.1 Å². The summed E-state index contributed by atoms with van der Waals surface area (Å²) in [4.78, 5) is 16.5. The number of hydrogen-bond donors (Lipinski definition) is 1. The molecule has 3 rings (SSSR count). The molecular formula is C22H25N3O3. The van der Waals surface area contributed by atoms with E-state index in [2.05, 4.69) is 29.3 Å². The molecule has 0 unspecified atom stereocenters. The van der Waals surface area contributed by atoms with Crippen LogP contribution in [0.4, 0.5) is 5.69 Å². The van der Waals surface area contributed by atoms with Gasteiger partial charge in [0.1, 0.15) is 5.75 Å². The average molecular weight is 379 g/mol. The minimum absolute atomic E-state index is 0.0662. The van der Waals surface area contributed by atoms with Gasteiger partial charge in [0, 0.05) is 17.2 Å². The van der Waals surface area contributed by atoms with Crippen LogP contribution in [-0.2, 0) is 4.79 Å². The lowest BCUT2D eigenvalue weighted by molar-refractivity contribution is -0.118. The predicted molar refractivity (Wildman–Crippen MR) is 108 cm³/mol. The number of carbonyl (C=O) groups excluding carboxylic acids is 1. The third-order valence-electron chi connectivity index (χ3n) is 4.27. The molecule has 0 aliphatic carbocycles. The first-order valence-corrected chi connectivity index (χ1v) is 9.39. The molecule has 3 aromatic rings. The van der Waals surface area contributed by atoms with Gasteiger partial charge in [-0.25, -0.2) is 0 Å². The second-order valence-corrected chi connectivity index (χ2v) is 7.25. The number of anilines is 1. The molecule has 0 atom stereocenters. The number of ether oxygens (including phenoxy) is 1. The molecule has 0 fully saturated rings. The van der Waals surface area contributed by atoms with Gasteiger partial charge in [0.15, 0.2) is 12.4 Å². The largest absolute Gasteiger partial charge is 0.484 e. The van der Waals surface area contributed by atoms with E-state index in [9.17, 15) is 4.79 Å². The van der Waals surface area contributed by atoms with Gasteiger partial charge in [-0.15, -0.1) is 0 Å². The third kappa shape index (κ3) is 4.97. The van der Waals surface area contributed by atoms with Gasteiger partial charge < -0.3 is 14.6 Å². The van der Waals surface area contributed by atoms with Crippen molar-refractivity contribution in [2.24, 2.45) is 0 Å². The first kappa shape index (κ1) is 19.6. The zero-order valence-electron chi connectivity index (χ0n) is 16.6. The van der Waals surface area contributed by atoms with Crippen LogP contribution in [0.1, 0.15) is 50.9 Å². The molecule has 1 heterocycles.